The minimum Gasteiger partial charge on any atom is -0.504 e. The van der Waals surface area contributed by atoms with Gasteiger partial charge < -0.3 is 10.1 Å². The first-order valence-electron chi connectivity index (χ1n) is 3.87. The zero-order valence-electron chi connectivity index (χ0n) is 6.96. The molecule has 0 saturated carbocycles. The largest absolute Gasteiger partial charge is 0.504 e. The summed E-state index contributed by atoms with van der Waals surface area (Å²) in [5, 5.41) is 9.49. The van der Waals surface area contributed by atoms with Gasteiger partial charge in [-0.2, -0.15) is 0 Å². The van der Waals surface area contributed by atoms with Crippen LogP contribution in [0.2, 0.25) is 0 Å². The lowest BCUT2D eigenvalue weighted by Gasteiger charge is -2.03. The molecule has 0 amide bonds. The van der Waals surface area contributed by atoms with E-state index < -0.39 is 11.6 Å². The Hall–Kier alpha value is -1.36. The minimum atomic E-state index is -0.682. The zero-order valence-corrected chi connectivity index (χ0v) is 8.55. The van der Waals surface area contributed by atoms with Crippen molar-refractivity contribution in [1.82, 2.24) is 9.97 Å². The SMILES string of the molecule is Oc1c(-c2ncc[nH]2)ccc(Br)c1F. The third-order valence-corrected chi connectivity index (χ3v) is 2.43. The number of H-pyrrole nitrogens is 1. The number of halogens is 2. The van der Waals surface area contributed by atoms with E-state index in [9.17, 15) is 9.50 Å². The molecule has 0 aliphatic heterocycles. The molecule has 0 spiro atoms. The highest BCUT2D eigenvalue weighted by Gasteiger charge is 2.13. The van der Waals surface area contributed by atoms with Crippen molar-refractivity contribution in [3.05, 3.63) is 34.8 Å². The predicted octanol–water partition coefficient (Wildman–Crippen LogP) is 2.68. The fraction of sp³-hybridized carbons (Fsp3) is 0. The zero-order chi connectivity index (χ0) is 10.1. The molecule has 1 heterocycles. The summed E-state index contributed by atoms with van der Waals surface area (Å²) < 4.78 is 13.5. The number of benzene rings is 1. The Morgan fingerprint density at radius 3 is 2.86 bits per heavy atom. The summed E-state index contributed by atoms with van der Waals surface area (Å²) in [7, 11) is 0. The van der Waals surface area contributed by atoms with Crippen LogP contribution < -0.4 is 0 Å². The maximum atomic E-state index is 13.2. The molecular weight excluding hydrogens is 251 g/mol. The van der Waals surface area contributed by atoms with Crippen LogP contribution >= 0.6 is 15.9 Å². The highest BCUT2D eigenvalue weighted by atomic mass is 79.9. The van der Waals surface area contributed by atoms with Crippen molar-refractivity contribution in [2.75, 3.05) is 0 Å². The van der Waals surface area contributed by atoms with E-state index in [-0.39, 0.29) is 4.47 Å². The third kappa shape index (κ3) is 1.39. The summed E-state index contributed by atoms with van der Waals surface area (Å²) in [6.07, 6.45) is 3.14. The molecule has 0 fully saturated rings. The maximum Gasteiger partial charge on any atom is 0.179 e. The van der Waals surface area contributed by atoms with Gasteiger partial charge in [0.2, 0.25) is 0 Å². The predicted molar refractivity (Wildman–Crippen MR) is 53.3 cm³/mol. The van der Waals surface area contributed by atoms with Crippen LogP contribution in [0.4, 0.5) is 4.39 Å². The Bertz CT molecular complexity index is 456. The molecule has 0 saturated heterocycles. The van der Waals surface area contributed by atoms with Crippen LogP contribution in [0.15, 0.2) is 29.0 Å². The molecule has 2 N–H and O–H groups in total. The summed E-state index contributed by atoms with van der Waals surface area (Å²) in [6, 6.07) is 3.11. The van der Waals surface area contributed by atoms with E-state index >= 15 is 0 Å². The van der Waals surface area contributed by atoms with Crippen molar-refractivity contribution in [3.8, 4) is 17.1 Å². The van der Waals surface area contributed by atoms with Crippen molar-refractivity contribution in [3.63, 3.8) is 0 Å². The van der Waals surface area contributed by atoms with Gasteiger partial charge in [0.1, 0.15) is 5.82 Å². The van der Waals surface area contributed by atoms with Gasteiger partial charge >= 0.3 is 0 Å². The molecule has 72 valence electrons. The molecule has 3 nitrogen and oxygen atoms in total. The van der Waals surface area contributed by atoms with Gasteiger partial charge in [-0.25, -0.2) is 9.37 Å². The van der Waals surface area contributed by atoms with Crippen LogP contribution in [0.3, 0.4) is 0 Å². The Morgan fingerprint density at radius 1 is 1.43 bits per heavy atom. The van der Waals surface area contributed by atoms with E-state index in [1.165, 1.54) is 12.3 Å². The summed E-state index contributed by atoms with van der Waals surface area (Å²) in [4.78, 5) is 6.71. The molecule has 2 aromatic rings. The number of nitrogens with one attached hydrogen (secondary N) is 1. The standard InChI is InChI=1S/C9H6BrFN2O/c10-6-2-1-5(8(14)7(6)11)9-12-3-4-13-9/h1-4,14H,(H,12,13). The lowest BCUT2D eigenvalue weighted by atomic mass is 10.2. The van der Waals surface area contributed by atoms with Crippen LogP contribution in [-0.2, 0) is 0 Å². The molecule has 0 aliphatic rings. The summed E-state index contributed by atoms with van der Waals surface area (Å²) in [5.74, 6) is -0.651. The van der Waals surface area contributed by atoms with E-state index in [0.29, 0.717) is 11.4 Å². The van der Waals surface area contributed by atoms with Crippen LogP contribution in [0.25, 0.3) is 11.4 Å². The van der Waals surface area contributed by atoms with Gasteiger partial charge in [-0.1, -0.05) is 0 Å². The second kappa shape index (κ2) is 3.42. The van der Waals surface area contributed by atoms with Crippen molar-refractivity contribution < 1.29 is 9.50 Å². The molecule has 0 unspecified atom stereocenters. The molecule has 0 radical (unpaired) electrons. The molecule has 0 bridgehead atoms. The van der Waals surface area contributed by atoms with Gasteiger partial charge in [0, 0.05) is 12.4 Å². The van der Waals surface area contributed by atoms with Crippen molar-refractivity contribution >= 4 is 15.9 Å². The van der Waals surface area contributed by atoms with Crippen molar-refractivity contribution in [1.29, 1.82) is 0 Å². The quantitative estimate of drug-likeness (QED) is 0.825. The minimum absolute atomic E-state index is 0.227. The number of hydrogen-bond acceptors (Lipinski definition) is 2. The number of aromatic amines is 1. The molecule has 5 heteroatoms. The first-order valence-corrected chi connectivity index (χ1v) is 4.66. The van der Waals surface area contributed by atoms with Crippen LogP contribution in [-0.4, -0.2) is 15.1 Å². The normalized spacial score (nSPS) is 10.4. The van der Waals surface area contributed by atoms with Gasteiger partial charge in [0.25, 0.3) is 0 Å². The molecule has 2 rings (SSSR count). The number of hydrogen-bond donors (Lipinski definition) is 2. The van der Waals surface area contributed by atoms with Gasteiger partial charge in [-0.3, -0.25) is 0 Å². The summed E-state index contributed by atoms with van der Waals surface area (Å²) >= 11 is 2.98. The smallest absolute Gasteiger partial charge is 0.179 e. The second-order valence-electron chi connectivity index (χ2n) is 2.70. The first kappa shape index (κ1) is 9.21. The number of aromatic nitrogens is 2. The fourth-order valence-electron chi connectivity index (χ4n) is 1.14. The number of rotatable bonds is 1. The Balaban J connectivity index is 2.61. The van der Waals surface area contributed by atoms with E-state index in [1.54, 1.807) is 12.3 Å². The van der Waals surface area contributed by atoms with Gasteiger partial charge in [-0.15, -0.1) is 0 Å². The molecule has 14 heavy (non-hydrogen) atoms. The Kier molecular flexibility index (Phi) is 2.25. The highest BCUT2D eigenvalue weighted by Crippen LogP contribution is 2.33. The topological polar surface area (TPSA) is 48.9 Å². The van der Waals surface area contributed by atoms with Gasteiger partial charge in [-0.05, 0) is 28.1 Å². The molecule has 1 aromatic heterocycles. The molecular formula is C9H6BrFN2O. The highest BCUT2D eigenvalue weighted by molar-refractivity contribution is 9.10. The number of nitrogens with zero attached hydrogens (tertiary/aromatic N) is 1. The summed E-state index contributed by atoms with van der Waals surface area (Å²) in [6.45, 7) is 0. The van der Waals surface area contributed by atoms with Gasteiger partial charge in [0.05, 0.1) is 10.0 Å². The van der Waals surface area contributed by atoms with E-state index in [0.717, 1.165) is 0 Å². The third-order valence-electron chi connectivity index (χ3n) is 1.82. The molecule has 1 aromatic carbocycles. The fourth-order valence-corrected chi connectivity index (χ4v) is 1.46. The van der Waals surface area contributed by atoms with Crippen LogP contribution in [0.5, 0.6) is 5.75 Å². The lowest BCUT2D eigenvalue weighted by Crippen LogP contribution is -1.86. The van der Waals surface area contributed by atoms with Gasteiger partial charge in [0.15, 0.2) is 11.6 Å². The average Bonchev–Trinajstić information content (AvgIpc) is 2.67. The first-order chi connectivity index (χ1) is 6.70. The van der Waals surface area contributed by atoms with Crippen molar-refractivity contribution in [2.24, 2.45) is 0 Å². The molecule has 0 aliphatic carbocycles. The average molecular weight is 257 g/mol. The Morgan fingerprint density at radius 2 is 2.21 bits per heavy atom. The number of phenolic OH excluding ortho intramolecular Hbond substituents is 1. The van der Waals surface area contributed by atoms with Crippen LogP contribution in [0, 0.1) is 5.82 Å². The summed E-state index contributed by atoms with van der Waals surface area (Å²) in [5.41, 5.74) is 0.343. The van der Waals surface area contributed by atoms with E-state index in [4.69, 9.17) is 0 Å². The number of imidazole rings is 1. The van der Waals surface area contributed by atoms with Crippen molar-refractivity contribution in [2.45, 2.75) is 0 Å². The number of phenols is 1. The van der Waals surface area contributed by atoms with E-state index in [1.807, 2.05) is 0 Å². The Labute approximate surface area is 87.7 Å². The molecule has 0 atom stereocenters. The maximum absolute atomic E-state index is 13.2. The monoisotopic (exact) mass is 256 g/mol. The second-order valence-corrected chi connectivity index (χ2v) is 3.55. The van der Waals surface area contributed by atoms with E-state index in [2.05, 4.69) is 25.9 Å². The lowest BCUT2D eigenvalue weighted by molar-refractivity contribution is 0.432. The van der Waals surface area contributed by atoms with Crippen LogP contribution in [0.1, 0.15) is 0 Å². The number of aromatic hydroxyl groups is 1.